The van der Waals surface area contributed by atoms with E-state index in [0.29, 0.717) is 16.4 Å². The van der Waals surface area contributed by atoms with Gasteiger partial charge in [0.05, 0.1) is 11.3 Å². The number of hydroxylamine groups is 1. The molecule has 0 spiro atoms. The summed E-state index contributed by atoms with van der Waals surface area (Å²) in [5.41, 5.74) is 13.8. The predicted molar refractivity (Wildman–Crippen MR) is 150 cm³/mol. The number of hydrogen-bond acceptors (Lipinski definition) is 14. The molecule has 5 heterocycles. The third-order valence-corrected chi connectivity index (χ3v) is 8.82. The quantitative estimate of drug-likeness (QED) is 0.0547. The number of thioether (sulfide) groups is 1. The number of anilines is 2. The van der Waals surface area contributed by atoms with Crippen molar-refractivity contribution in [2.24, 2.45) is 5.16 Å². The van der Waals surface area contributed by atoms with Gasteiger partial charge >= 0.3 is 5.97 Å². The molecule has 19 heteroatoms. The number of aliphatic carboxylic acids is 1. The van der Waals surface area contributed by atoms with Gasteiger partial charge in [0, 0.05) is 34.2 Å². The molecule has 0 saturated carbocycles. The van der Waals surface area contributed by atoms with Crippen molar-refractivity contribution in [2.45, 2.75) is 24.6 Å². The van der Waals surface area contributed by atoms with Gasteiger partial charge in [0.2, 0.25) is 0 Å². The summed E-state index contributed by atoms with van der Waals surface area (Å²) in [6, 6.07) is 1.88. The van der Waals surface area contributed by atoms with Crippen molar-refractivity contribution in [1.29, 1.82) is 0 Å². The van der Waals surface area contributed by atoms with Crippen LogP contribution in [-0.2, 0) is 32.4 Å². The fraction of sp³-hybridized carbons (Fsp3) is 0.217. The molecule has 5 rings (SSSR count). The summed E-state index contributed by atoms with van der Waals surface area (Å²) >= 11 is 3.60. The Morgan fingerprint density at radius 3 is 2.50 bits per heavy atom. The normalized spacial score (nSPS) is 18.3. The van der Waals surface area contributed by atoms with Crippen LogP contribution in [0.2, 0.25) is 0 Å². The summed E-state index contributed by atoms with van der Waals surface area (Å²) in [6.45, 7) is 0.0663. The number of thiazole rings is 2. The Labute approximate surface area is 248 Å². The Morgan fingerprint density at radius 1 is 1.17 bits per heavy atom. The molecule has 2 atom stereocenters. The van der Waals surface area contributed by atoms with Crippen LogP contribution in [0.1, 0.15) is 21.7 Å². The number of carboxylic acid groups (broad SMARTS) is 1. The minimum atomic E-state index is -1.29. The summed E-state index contributed by atoms with van der Waals surface area (Å²) in [5, 5.41) is 28.4. The van der Waals surface area contributed by atoms with Gasteiger partial charge in [0.15, 0.2) is 41.5 Å². The lowest BCUT2D eigenvalue weighted by atomic mass is 10.0. The second-order valence-corrected chi connectivity index (χ2v) is 11.7. The minimum absolute atomic E-state index is 0.0658. The Morgan fingerprint density at radius 2 is 1.88 bits per heavy atom. The van der Waals surface area contributed by atoms with Crippen LogP contribution in [0, 0.1) is 0 Å². The van der Waals surface area contributed by atoms with Crippen LogP contribution in [0.4, 0.5) is 10.3 Å². The molecule has 3 aromatic rings. The topological polar surface area (TPSA) is 239 Å². The fourth-order valence-electron chi connectivity index (χ4n) is 4.17. The summed E-state index contributed by atoms with van der Waals surface area (Å²) in [4.78, 5) is 64.8. The van der Waals surface area contributed by atoms with E-state index in [1.165, 1.54) is 46.1 Å². The van der Waals surface area contributed by atoms with Crippen LogP contribution >= 0.6 is 34.4 Å². The molecule has 8 N–H and O–H groups in total. The number of carboxylic acids is 1. The number of aromatic nitrogens is 3. The van der Waals surface area contributed by atoms with Crippen molar-refractivity contribution in [3.8, 4) is 0 Å². The summed E-state index contributed by atoms with van der Waals surface area (Å²) in [6.07, 6.45) is 3.10. The Bertz CT molecular complexity index is 1620. The highest BCUT2D eigenvalue weighted by molar-refractivity contribution is 8.00. The van der Waals surface area contributed by atoms with E-state index in [2.05, 4.69) is 20.4 Å². The number of hydrogen-bond donors (Lipinski definition) is 6. The number of β-lactam (4-membered cyclic amide) rings is 1. The van der Waals surface area contributed by atoms with Gasteiger partial charge in [-0.3, -0.25) is 24.5 Å². The molecule has 0 aromatic carbocycles. The SMILES string of the molecule is Nc1nc(CO/N=C(\C(=O)NC2C(=O)N3C(C(=O)O)=C(C[n+]4ccc(C(=O)NO)cc4)CS[C@H]23)c2csc(N)n2)cs1. The van der Waals surface area contributed by atoms with E-state index >= 15 is 0 Å². The van der Waals surface area contributed by atoms with Crippen LogP contribution in [0.5, 0.6) is 0 Å². The number of amides is 3. The Balaban J connectivity index is 1.31. The lowest BCUT2D eigenvalue weighted by Crippen LogP contribution is -2.71. The first-order valence-electron chi connectivity index (χ1n) is 11.9. The average Bonchev–Trinajstić information content (AvgIpc) is 3.60. The van der Waals surface area contributed by atoms with Crippen LogP contribution in [0.3, 0.4) is 0 Å². The molecule has 0 radical (unpaired) electrons. The van der Waals surface area contributed by atoms with Crippen molar-refractivity contribution >= 4 is 74.1 Å². The van der Waals surface area contributed by atoms with E-state index in [1.54, 1.807) is 22.3 Å². The molecule has 0 aliphatic carbocycles. The van der Waals surface area contributed by atoms with Crippen LogP contribution < -0.4 is 26.8 Å². The maximum Gasteiger partial charge on any atom is 0.352 e. The van der Waals surface area contributed by atoms with Crippen molar-refractivity contribution in [3.63, 3.8) is 0 Å². The molecule has 218 valence electrons. The van der Waals surface area contributed by atoms with E-state index in [-0.39, 0.29) is 46.7 Å². The number of carbonyl (C=O) groups excluding carboxylic acids is 3. The van der Waals surface area contributed by atoms with Crippen molar-refractivity contribution < 1.29 is 38.9 Å². The first-order chi connectivity index (χ1) is 20.2. The van der Waals surface area contributed by atoms with Gasteiger partial charge in [-0.1, -0.05) is 5.16 Å². The standard InChI is InChI=1S/C23H21N9O7S3/c24-22-26-12(8-41-22)6-39-30-14(13-9-42-23(25)27-13)18(34)28-15-19(35)32-16(21(36)37)11(7-40-20(15)32)5-31-3-1-10(2-4-31)17(33)29-38/h1-4,8-9,15,20H,5-7H2,(H7-,24,25,26,27,28,29,30,33,34,36,37,38)/p+1/t15?,20-/m1/s1. The van der Waals surface area contributed by atoms with Crippen molar-refractivity contribution in [1.82, 2.24) is 25.7 Å². The van der Waals surface area contributed by atoms with Gasteiger partial charge in [0.25, 0.3) is 17.7 Å². The maximum atomic E-state index is 13.3. The number of fused-ring (bicyclic) bond motifs is 1. The number of oxime groups is 1. The fourth-order valence-corrected chi connectivity index (χ4v) is 6.60. The molecule has 42 heavy (non-hydrogen) atoms. The van der Waals surface area contributed by atoms with Gasteiger partial charge in [0.1, 0.15) is 22.8 Å². The number of nitrogens with one attached hydrogen (secondary N) is 2. The molecule has 1 fully saturated rings. The maximum absolute atomic E-state index is 13.3. The molecule has 3 amide bonds. The first kappa shape index (κ1) is 28.9. The van der Waals surface area contributed by atoms with E-state index in [4.69, 9.17) is 21.5 Å². The molecular weight excluding hydrogens is 611 g/mol. The molecule has 1 saturated heterocycles. The van der Waals surface area contributed by atoms with Crippen LogP contribution in [0.15, 0.2) is 51.7 Å². The lowest BCUT2D eigenvalue weighted by molar-refractivity contribution is -0.689. The van der Waals surface area contributed by atoms with Gasteiger partial charge in [-0.05, 0) is 0 Å². The van der Waals surface area contributed by atoms with Crippen LogP contribution in [-0.4, -0.2) is 71.8 Å². The number of pyridine rings is 1. The third kappa shape index (κ3) is 5.88. The zero-order valence-electron chi connectivity index (χ0n) is 21.3. The smallest absolute Gasteiger partial charge is 0.352 e. The molecule has 2 aliphatic rings. The highest BCUT2D eigenvalue weighted by atomic mass is 32.2. The number of nitrogens with two attached hydrogens (primary N) is 2. The van der Waals surface area contributed by atoms with Gasteiger partial charge < -0.3 is 26.7 Å². The number of nitrogen functional groups attached to an aromatic ring is 2. The van der Waals surface area contributed by atoms with Gasteiger partial charge in [-0.25, -0.2) is 24.8 Å². The monoisotopic (exact) mass is 632 g/mol. The Hall–Kier alpha value is -4.59. The highest BCUT2D eigenvalue weighted by Crippen LogP contribution is 2.40. The second kappa shape index (κ2) is 12.1. The highest BCUT2D eigenvalue weighted by Gasteiger charge is 2.54. The molecule has 2 aliphatic heterocycles. The van der Waals surface area contributed by atoms with E-state index in [1.807, 2.05) is 0 Å². The van der Waals surface area contributed by atoms with Gasteiger partial charge in [-0.15, -0.1) is 34.4 Å². The van der Waals surface area contributed by atoms with Crippen LogP contribution in [0.25, 0.3) is 0 Å². The lowest BCUT2D eigenvalue weighted by Gasteiger charge is -2.49. The van der Waals surface area contributed by atoms with Gasteiger partial charge in [-0.2, -0.15) is 0 Å². The summed E-state index contributed by atoms with van der Waals surface area (Å²) in [7, 11) is 0. The van der Waals surface area contributed by atoms with Crippen molar-refractivity contribution in [3.05, 3.63) is 63.5 Å². The first-order valence-corrected chi connectivity index (χ1v) is 14.7. The van der Waals surface area contributed by atoms with E-state index in [9.17, 15) is 24.3 Å². The second-order valence-electron chi connectivity index (χ2n) is 8.78. The predicted octanol–water partition coefficient (Wildman–Crippen LogP) is -0.470. The average molecular weight is 633 g/mol. The zero-order chi connectivity index (χ0) is 30.0. The third-order valence-electron chi connectivity index (χ3n) is 6.08. The minimum Gasteiger partial charge on any atom is -0.477 e. The Kier molecular flexibility index (Phi) is 8.34. The number of nitrogens with zero attached hydrogens (tertiary/aromatic N) is 5. The van der Waals surface area contributed by atoms with Crippen molar-refractivity contribution in [2.75, 3.05) is 17.2 Å². The molecule has 0 bridgehead atoms. The summed E-state index contributed by atoms with van der Waals surface area (Å²) in [5.74, 6) is -3.08. The molecule has 16 nitrogen and oxygen atoms in total. The van der Waals surface area contributed by atoms with E-state index < -0.39 is 35.1 Å². The largest absolute Gasteiger partial charge is 0.477 e. The number of carbonyl (C=O) groups is 4. The molecular formula is C23H22N9O7S3+. The molecule has 3 aromatic heterocycles. The van der Waals surface area contributed by atoms with E-state index in [0.717, 1.165) is 16.2 Å². The number of rotatable bonds is 10. The zero-order valence-corrected chi connectivity index (χ0v) is 23.7. The summed E-state index contributed by atoms with van der Waals surface area (Å²) < 4.78 is 1.64. The molecule has 1 unspecified atom stereocenters.